The number of nitrogen functional groups attached to an aromatic ring is 1. The van der Waals surface area contributed by atoms with Crippen molar-refractivity contribution in [2.24, 2.45) is 17.2 Å². The molecule has 43 heteroatoms. The Balaban J connectivity index is 1.28. The molecule has 0 bridgehead atoms. The van der Waals surface area contributed by atoms with Gasteiger partial charge in [-0.05, 0) is 0 Å². The van der Waals surface area contributed by atoms with Crippen LogP contribution >= 0.6 is 68.5 Å². The molecule has 0 aliphatic carbocycles. The maximum atomic E-state index is 13.0. The predicted octanol–water partition coefficient (Wildman–Crippen LogP) is -1.07. The first-order valence-electron chi connectivity index (χ1n) is 19.1. The first-order valence-corrected chi connectivity index (χ1v) is 30.6. The Labute approximate surface area is 406 Å². The van der Waals surface area contributed by atoms with E-state index in [4.69, 9.17) is 70.5 Å². The SMILES string of the molecule is NCC#CC1=CN([C@H]2CC(OCSSCOC3C[C@H](n4cc(C#CCN)c5c(=O)[nH]c(N)nc54)O[C@@H]3COP(=O)(O)OP(=O)(O)OP(=O)(O)O)[C@@H](COP(=O)(O)OP(=O)(O)OP(=O)(O)O)O2)C(=O)NC1N. The fourth-order valence-corrected chi connectivity index (χ4v) is 13.7. The number of aromatic nitrogens is 3. The molecular weight excluding hydrogens is 1130 g/mol. The number of urea groups is 1. The van der Waals surface area contributed by atoms with E-state index in [1.54, 1.807) is 0 Å². The van der Waals surface area contributed by atoms with Crippen LogP contribution in [-0.4, -0.2) is 140 Å². The third-order valence-electron chi connectivity index (χ3n) is 8.85. The van der Waals surface area contributed by atoms with Crippen LogP contribution in [0.2, 0.25) is 0 Å². The van der Waals surface area contributed by atoms with Crippen LogP contribution in [0.4, 0.5) is 10.7 Å². The van der Waals surface area contributed by atoms with E-state index in [2.05, 4.69) is 56.2 Å². The number of ether oxygens (including phenoxy) is 4. The zero-order chi connectivity index (χ0) is 52.7. The molecule has 5 heterocycles. The number of hydrogen-bond donors (Lipinski definition) is 14. The summed E-state index contributed by atoms with van der Waals surface area (Å²) in [6.45, 7) is -2.07. The number of nitrogens with zero attached hydrogens (tertiary/aromatic N) is 3. The monoisotopic (exact) mass is 1170 g/mol. The number of carbonyl (C=O) groups excluding carboxylic acids is 1. The first-order chi connectivity index (χ1) is 32.9. The lowest BCUT2D eigenvalue weighted by Gasteiger charge is -2.32. The fraction of sp³-hybridized carbons (Fsp3) is 0.536. The van der Waals surface area contributed by atoms with Crippen LogP contribution in [0.5, 0.6) is 0 Å². The Morgan fingerprint density at radius 3 is 1.75 bits per heavy atom. The highest BCUT2D eigenvalue weighted by Gasteiger charge is 2.47. The first kappa shape index (κ1) is 59.5. The van der Waals surface area contributed by atoms with Gasteiger partial charge in [-0.25, -0.2) is 32.2 Å². The predicted molar refractivity (Wildman–Crippen MR) is 240 cm³/mol. The van der Waals surface area contributed by atoms with Crippen molar-refractivity contribution in [3.63, 3.8) is 0 Å². The number of nitrogens with one attached hydrogen (secondary N) is 2. The zero-order valence-electron chi connectivity index (χ0n) is 35.4. The van der Waals surface area contributed by atoms with Crippen molar-refractivity contribution in [1.29, 1.82) is 0 Å². The normalized spacial score (nSPS) is 26.2. The molecular formula is C28H43N9O26P6S2. The van der Waals surface area contributed by atoms with Crippen molar-refractivity contribution >= 4 is 91.5 Å². The molecule has 398 valence electrons. The van der Waals surface area contributed by atoms with E-state index < -0.39 is 115 Å². The Bertz CT molecular complexity index is 2810. The molecule has 11 atom stereocenters. The average Bonchev–Trinajstić information content (AvgIpc) is 3.92. The van der Waals surface area contributed by atoms with Crippen LogP contribution in [0.15, 0.2) is 22.8 Å². The Kier molecular flexibility index (Phi) is 20.5. The summed E-state index contributed by atoms with van der Waals surface area (Å²) in [5, 5.41) is 2.44. The Hall–Kier alpha value is -2.41. The van der Waals surface area contributed by atoms with Gasteiger partial charge in [0.25, 0.3) is 5.56 Å². The number of phosphoric ester groups is 2. The Morgan fingerprint density at radius 2 is 1.24 bits per heavy atom. The minimum atomic E-state index is -5.90. The van der Waals surface area contributed by atoms with E-state index in [0.29, 0.717) is 0 Å². The van der Waals surface area contributed by atoms with E-state index in [1.165, 1.54) is 17.0 Å². The van der Waals surface area contributed by atoms with Crippen molar-refractivity contribution in [2.45, 2.75) is 55.9 Å². The number of anilines is 1. The maximum absolute atomic E-state index is 13.0. The summed E-state index contributed by atoms with van der Waals surface area (Å²) in [7, 11) is -32.6. The minimum Gasteiger partial charge on any atom is -0.369 e. The Morgan fingerprint density at radius 1 is 0.746 bits per heavy atom. The molecule has 71 heavy (non-hydrogen) atoms. The molecule has 0 radical (unpaired) electrons. The van der Waals surface area contributed by atoms with Gasteiger partial charge in [0, 0.05) is 25.2 Å². The molecule has 2 amide bonds. The summed E-state index contributed by atoms with van der Waals surface area (Å²) >= 11 is 0. The van der Waals surface area contributed by atoms with E-state index in [1.807, 2.05) is 0 Å². The molecule has 35 nitrogen and oxygen atoms in total. The summed E-state index contributed by atoms with van der Waals surface area (Å²) in [5.41, 5.74) is 22.4. The summed E-state index contributed by atoms with van der Waals surface area (Å²) in [6, 6.07) is -0.770. The number of nitrogens with two attached hydrogens (primary N) is 4. The molecule has 0 aromatic carbocycles. The number of fused-ring (bicyclic) bond motifs is 1. The van der Waals surface area contributed by atoms with E-state index >= 15 is 0 Å². The van der Waals surface area contributed by atoms with Gasteiger partial charge in [0.2, 0.25) is 5.95 Å². The number of carbonyl (C=O) groups is 1. The van der Waals surface area contributed by atoms with E-state index in [0.717, 1.165) is 26.5 Å². The lowest BCUT2D eigenvalue weighted by Crippen LogP contribution is -2.54. The molecule has 7 unspecified atom stereocenters. The quantitative estimate of drug-likeness (QED) is 0.0207. The van der Waals surface area contributed by atoms with Crippen LogP contribution in [0, 0.1) is 23.7 Å². The van der Waals surface area contributed by atoms with E-state index in [-0.39, 0.29) is 65.9 Å². The van der Waals surface area contributed by atoms with Gasteiger partial charge in [-0.15, -0.1) is 0 Å². The molecule has 3 aliphatic heterocycles. The van der Waals surface area contributed by atoms with Crippen molar-refractivity contribution in [2.75, 3.05) is 43.9 Å². The second kappa shape index (κ2) is 24.5. The van der Waals surface area contributed by atoms with Gasteiger partial charge in [-0.2, -0.15) is 22.2 Å². The van der Waals surface area contributed by atoms with Gasteiger partial charge in [0.15, 0.2) is 5.65 Å². The smallest absolute Gasteiger partial charge is 0.369 e. The van der Waals surface area contributed by atoms with Gasteiger partial charge >= 0.3 is 53.0 Å². The largest absolute Gasteiger partial charge is 0.490 e. The number of aromatic amines is 1. The third-order valence-corrected chi connectivity index (χ3v) is 18.2. The van der Waals surface area contributed by atoms with Crippen LogP contribution in [0.1, 0.15) is 24.6 Å². The minimum absolute atomic E-state index is 0.0124. The zero-order valence-corrected chi connectivity index (χ0v) is 42.4. The van der Waals surface area contributed by atoms with Crippen molar-refractivity contribution in [3.8, 4) is 23.7 Å². The molecule has 18 N–H and O–H groups in total. The number of hydrogen-bond acceptors (Lipinski definition) is 25. The van der Waals surface area contributed by atoms with Crippen LogP contribution in [0.25, 0.3) is 11.0 Å². The second-order valence-corrected chi connectivity index (χ2v) is 25.1. The molecule has 2 saturated heterocycles. The summed E-state index contributed by atoms with van der Waals surface area (Å²) in [6.07, 6.45) is -5.98. The summed E-state index contributed by atoms with van der Waals surface area (Å²) < 4.78 is 121. The number of H-pyrrole nitrogens is 1. The van der Waals surface area contributed by atoms with Gasteiger partial charge in [0.1, 0.15) is 42.7 Å². The molecule has 3 aliphatic rings. The second-order valence-electron chi connectivity index (χ2n) is 13.9. The van der Waals surface area contributed by atoms with Gasteiger partial charge < -0.3 is 90.9 Å². The van der Waals surface area contributed by atoms with Crippen molar-refractivity contribution in [1.82, 2.24) is 24.8 Å². The molecule has 5 rings (SSSR count). The van der Waals surface area contributed by atoms with Crippen LogP contribution < -0.4 is 33.8 Å². The molecule has 0 spiro atoms. The lowest BCUT2D eigenvalue weighted by molar-refractivity contribution is -0.0609. The molecule has 2 aromatic rings. The topological polar surface area (TPSA) is 544 Å². The highest BCUT2D eigenvalue weighted by Crippen LogP contribution is 2.67. The average molecular weight is 1170 g/mol. The number of rotatable bonds is 23. The number of phosphoric acid groups is 6. The van der Waals surface area contributed by atoms with Crippen LogP contribution in [0.3, 0.4) is 0 Å². The lowest BCUT2D eigenvalue weighted by atomic mass is 10.1. The van der Waals surface area contributed by atoms with Gasteiger partial charge in [-0.3, -0.25) is 23.7 Å². The maximum Gasteiger partial charge on any atom is 0.490 e. The highest BCUT2D eigenvalue weighted by molar-refractivity contribution is 8.76. The molecule has 0 saturated carbocycles. The third kappa shape index (κ3) is 18.1. The van der Waals surface area contributed by atoms with Gasteiger partial charge in [-0.1, -0.05) is 45.3 Å². The van der Waals surface area contributed by atoms with Crippen molar-refractivity contribution in [3.05, 3.63) is 33.9 Å². The highest BCUT2D eigenvalue weighted by atomic mass is 33.1. The number of amides is 2. The fourth-order valence-electron chi connectivity index (χ4n) is 6.32. The van der Waals surface area contributed by atoms with Crippen LogP contribution in [-0.2, 0) is 72.6 Å². The van der Waals surface area contributed by atoms with Crippen molar-refractivity contribution < 1.29 is 117 Å². The van der Waals surface area contributed by atoms with E-state index in [9.17, 15) is 56.6 Å². The summed E-state index contributed by atoms with van der Waals surface area (Å²) in [4.78, 5) is 108. The molecule has 2 aromatic heterocycles. The standard InChI is InChI=1S/C28H43N9O26P6S2/c29-5-1-3-15-9-36(25-23(15)26(38)35-27(32)34-25)21-7-17(19(58-21)11-56-66(46,47)62-68(50,51)60-64(40,41)42)54-13-70-71-14-55-18-8-22(37-10-16(4-2-6-30)24(31)33-28(37)39)59-20(18)12-57-67(48,49)63-69(52,53)61-65(43,44)45/h9-10,17-22,24H,5-8,11-14,29-31H2,(H,33,39)(H,46,47)(H,48,49)(H,50,51)(H,52,53)(H2,40,41,42)(H2,43,44,45)(H3,32,34,35,38)/t17?,18?,19-,20-,21-,22-,24?/m1/s1. The summed E-state index contributed by atoms with van der Waals surface area (Å²) in [5.74, 6) is 9.84. The van der Waals surface area contributed by atoms with Gasteiger partial charge in [0.05, 0.1) is 55.0 Å². The molecule has 2 fully saturated rings.